The molecular weight excluding hydrogens is 254 g/mol. The van der Waals surface area contributed by atoms with Gasteiger partial charge in [-0.25, -0.2) is 0 Å². The Morgan fingerprint density at radius 1 is 1.15 bits per heavy atom. The SMILES string of the molecule is O=[N+]([O-])c1cccc(N/N=C\CCc2ccccc2)c1. The fourth-order valence-electron chi connectivity index (χ4n) is 1.75. The number of nitro groups is 1. The molecule has 0 spiro atoms. The molecule has 0 aromatic heterocycles. The zero-order valence-electron chi connectivity index (χ0n) is 10.9. The second-order valence-corrected chi connectivity index (χ2v) is 4.26. The smallest absolute Gasteiger partial charge is 0.271 e. The largest absolute Gasteiger partial charge is 0.279 e. The molecule has 0 aliphatic carbocycles. The van der Waals surface area contributed by atoms with Crippen LogP contribution in [0.2, 0.25) is 0 Å². The molecule has 102 valence electrons. The van der Waals surface area contributed by atoms with E-state index >= 15 is 0 Å². The Labute approximate surface area is 117 Å². The van der Waals surface area contributed by atoms with Crippen LogP contribution in [-0.4, -0.2) is 11.1 Å². The minimum absolute atomic E-state index is 0.0504. The minimum Gasteiger partial charge on any atom is -0.279 e. The van der Waals surface area contributed by atoms with E-state index in [1.807, 2.05) is 18.2 Å². The lowest BCUT2D eigenvalue weighted by molar-refractivity contribution is -0.384. The van der Waals surface area contributed by atoms with Gasteiger partial charge in [0.05, 0.1) is 10.6 Å². The molecule has 0 saturated heterocycles. The van der Waals surface area contributed by atoms with Crippen LogP contribution in [0.5, 0.6) is 0 Å². The second-order valence-electron chi connectivity index (χ2n) is 4.26. The van der Waals surface area contributed by atoms with Crippen molar-refractivity contribution in [1.29, 1.82) is 0 Å². The van der Waals surface area contributed by atoms with Crippen molar-refractivity contribution in [3.05, 3.63) is 70.3 Å². The van der Waals surface area contributed by atoms with Gasteiger partial charge in [0.1, 0.15) is 0 Å². The molecular formula is C15H15N3O2. The van der Waals surface area contributed by atoms with Gasteiger partial charge in [0.15, 0.2) is 0 Å². The zero-order chi connectivity index (χ0) is 14.2. The van der Waals surface area contributed by atoms with E-state index in [1.165, 1.54) is 17.7 Å². The number of hydrogen-bond donors (Lipinski definition) is 1. The predicted molar refractivity (Wildman–Crippen MR) is 80.0 cm³/mol. The standard InChI is InChI=1S/C15H15N3O2/c19-18(20)15-10-4-9-14(12-15)17-16-11-5-8-13-6-2-1-3-7-13/h1-4,6-7,9-12,17H,5,8H2/b16-11-. The third-order valence-corrected chi connectivity index (χ3v) is 2.75. The maximum Gasteiger partial charge on any atom is 0.271 e. The monoisotopic (exact) mass is 269 g/mol. The molecule has 0 unspecified atom stereocenters. The Hall–Kier alpha value is -2.69. The van der Waals surface area contributed by atoms with Crippen LogP contribution < -0.4 is 5.43 Å². The molecule has 20 heavy (non-hydrogen) atoms. The molecule has 0 radical (unpaired) electrons. The highest BCUT2D eigenvalue weighted by Crippen LogP contribution is 2.16. The fraction of sp³-hybridized carbons (Fsp3) is 0.133. The third kappa shape index (κ3) is 4.20. The second kappa shape index (κ2) is 7.04. The number of hydrazone groups is 1. The summed E-state index contributed by atoms with van der Waals surface area (Å²) in [5, 5.41) is 14.7. The van der Waals surface area contributed by atoms with Crippen molar-refractivity contribution >= 4 is 17.6 Å². The molecule has 5 heteroatoms. The number of nitrogens with one attached hydrogen (secondary N) is 1. The number of non-ortho nitro benzene ring substituents is 1. The number of hydrogen-bond acceptors (Lipinski definition) is 4. The maximum absolute atomic E-state index is 10.6. The average molecular weight is 269 g/mol. The van der Waals surface area contributed by atoms with E-state index < -0.39 is 4.92 Å². The van der Waals surface area contributed by atoms with E-state index in [0.717, 1.165) is 12.8 Å². The van der Waals surface area contributed by atoms with E-state index in [4.69, 9.17) is 0 Å². The number of aryl methyl sites for hydroxylation is 1. The van der Waals surface area contributed by atoms with Crippen LogP contribution in [0.4, 0.5) is 11.4 Å². The number of benzene rings is 2. The van der Waals surface area contributed by atoms with Crippen molar-refractivity contribution in [2.24, 2.45) is 5.10 Å². The summed E-state index contributed by atoms with van der Waals surface area (Å²) in [7, 11) is 0. The Balaban J connectivity index is 1.81. The number of nitro benzene ring substituents is 1. The van der Waals surface area contributed by atoms with Gasteiger partial charge >= 0.3 is 0 Å². The highest BCUT2D eigenvalue weighted by Gasteiger charge is 2.04. The van der Waals surface area contributed by atoms with Crippen molar-refractivity contribution in [3.8, 4) is 0 Å². The van der Waals surface area contributed by atoms with Gasteiger partial charge in [-0.15, -0.1) is 0 Å². The Kier molecular flexibility index (Phi) is 4.83. The lowest BCUT2D eigenvalue weighted by Crippen LogP contribution is -1.93. The zero-order valence-corrected chi connectivity index (χ0v) is 10.9. The quantitative estimate of drug-likeness (QED) is 0.494. The summed E-state index contributed by atoms with van der Waals surface area (Å²) < 4.78 is 0. The molecule has 0 aliphatic heterocycles. The first kappa shape index (κ1) is 13.7. The summed E-state index contributed by atoms with van der Waals surface area (Å²) in [4.78, 5) is 10.2. The van der Waals surface area contributed by atoms with Gasteiger partial charge in [-0.1, -0.05) is 36.4 Å². The molecule has 0 atom stereocenters. The highest BCUT2D eigenvalue weighted by molar-refractivity contribution is 5.60. The molecule has 0 saturated carbocycles. The number of anilines is 1. The van der Waals surface area contributed by atoms with Gasteiger partial charge in [0, 0.05) is 18.3 Å². The van der Waals surface area contributed by atoms with Crippen LogP contribution in [0, 0.1) is 10.1 Å². The summed E-state index contributed by atoms with van der Waals surface area (Å²) in [6.45, 7) is 0. The lowest BCUT2D eigenvalue weighted by atomic mass is 10.1. The summed E-state index contributed by atoms with van der Waals surface area (Å²) in [6.07, 6.45) is 3.50. The maximum atomic E-state index is 10.6. The third-order valence-electron chi connectivity index (χ3n) is 2.75. The van der Waals surface area contributed by atoms with Gasteiger partial charge in [0.2, 0.25) is 0 Å². The van der Waals surface area contributed by atoms with Crippen LogP contribution in [0.1, 0.15) is 12.0 Å². The number of rotatable bonds is 6. The lowest BCUT2D eigenvalue weighted by Gasteiger charge is -2.00. The van der Waals surface area contributed by atoms with E-state index in [0.29, 0.717) is 5.69 Å². The molecule has 2 aromatic rings. The Bertz CT molecular complexity index is 597. The minimum atomic E-state index is -0.426. The first-order valence-corrected chi connectivity index (χ1v) is 6.31. The van der Waals surface area contributed by atoms with Crippen LogP contribution in [0.3, 0.4) is 0 Å². The summed E-state index contributed by atoms with van der Waals surface area (Å²) in [5.41, 5.74) is 4.71. The van der Waals surface area contributed by atoms with Crippen LogP contribution in [0.25, 0.3) is 0 Å². The van der Waals surface area contributed by atoms with Crippen molar-refractivity contribution in [1.82, 2.24) is 0 Å². The van der Waals surface area contributed by atoms with E-state index in [-0.39, 0.29) is 5.69 Å². The Morgan fingerprint density at radius 3 is 2.70 bits per heavy atom. The van der Waals surface area contributed by atoms with E-state index in [1.54, 1.807) is 18.3 Å². The molecule has 1 N–H and O–H groups in total. The highest BCUT2D eigenvalue weighted by atomic mass is 16.6. The molecule has 0 amide bonds. The molecule has 0 heterocycles. The topological polar surface area (TPSA) is 67.5 Å². The summed E-state index contributed by atoms with van der Waals surface area (Å²) >= 11 is 0. The van der Waals surface area contributed by atoms with Crippen LogP contribution in [0.15, 0.2) is 59.7 Å². The van der Waals surface area contributed by atoms with Crippen molar-refractivity contribution in [2.75, 3.05) is 5.43 Å². The molecule has 0 aliphatic rings. The molecule has 2 aromatic carbocycles. The summed E-state index contributed by atoms with van der Waals surface area (Å²) in [5.74, 6) is 0. The predicted octanol–water partition coefficient (Wildman–Crippen LogP) is 3.63. The van der Waals surface area contributed by atoms with Crippen molar-refractivity contribution < 1.29 is 4.92 Å². The normalized spacial score (nSPS) is 10.6. The van der Waals surface area contributed by atoms with Crippen molar-refractivity contribution in [3.63, 3.8) is 0 Å². The Morgan fingerprint density at radius 2 is 1.95 bits per heavy atom. The van der Waals surface area contributed by atoms with Gasteiger partial charge in [-0.2, -0.15) is 5.10 Å². The first-order chi connectivity index (χ1) is 9.75. The molecule has 0 fully saturated rings. The van der Waals surface area contributed by atoms with Crippen LogP contribution >= 0.6 is 0 Å². The van der Waals surface area contributed by atoms with E-state index in [2.05, 4.69) is 22.7 Å². The molecule has 0 bridgehead atoms. The van der Waals surface area contributed by atoms with Gasteiger partial charge in [-0.05, 0) is 24.5 Å². The molecule has 2 rings (SSSR count). The van der Waals surface area contributed by atoms with Crippen molar-refractivity contribution in [2.45, 2.75) is 12.8 Å². The summed E-state index contributed by atoms with van der Waals surface area (Å²) in [6, 6.07) is 16.4. The fourth-order valence-corrected chi connectivity index (χ4v) is 1.75. The number of nitrogens with zero attached hydrogens (tertiary/aromatic N) is 2. The van der Waals surface area contributed by atoms with Gasteiger partial charge in [0.25, 0.3) is 5.69 Å². The average Bonchev–Trinajstić information content (AvgIpc) is 2.48. The van der Waals surface area contributed by atoms with Gasteiger partial charge in [-0.3, -0.25) is 15.5 Å². The van der Waals surface area contributed by atoms with E-state index in [9.17, 15) is 10.1 Å². The van der Waals surface area contributed by atoms with Crippen LogP contribution in [-0.2, 0) is 6.42 Å². The van der Waals surface area contributed by atoms with Gasteiger partial charge < -0.3 is 0 Å². The molecule has 5 nitrogen and oxygen atoms in total. The first-order valence-electron chi connectivity index (χ1n) is 6.31.